The minimum absolute atomic E-state index is 0.646. The summed E-state index contributed by atoms with van der Waals surface area (Å²) in [5, 5.41) is 4.40. The van der Waals surface area contributed by atoms with Crippen molar-refractivity contribution < 1.29 is 0 Å². The number of thiazole rings is 1. The van der Waals surface area contributed by atoms with Crippen molar-refractivity contribution in [2.45, 2.75) is 0 Å². The van der Waals surface area contributed by atoms with Gasteiger partial charge in [-0.25, -0.2) is 4.98 Å². The molecule has 1 heterocycles. The third kappa shape index (κ3) is 2.09. The van der Waals surface area contributed by atoms with Crippen LogP contribution in [0.5, 0.6) is 0 Å². The predicted molar refractivity (Wildman–Crippen MR) is 67.1 cm³/mol. The van der Waals surface area contributed by atoms with Crippen LogP contribution in [0.2, 0.25) is 9.36 Å². The Morgan fingerprint density at radius 1 is 1.27 bits per heavy atom. The summed E-state index contributed by atoms with van der Waals surface area (Å²) in [4.78, 5) is 4.35. The molecule has 0 unspecified atom stereocenters. The first-order chi connectivity index (χ1) is 7.22. The molecule has 2 aromatic rings. The van der Waals surface area contributed by atoms with Crippen LogP contribution in [0.15, 0.2) is 24.3 Å². The lowest BCUT2D eigenvalue weighted by Crippen LogP contribution is -1.86. The third-order valence-electron chi connectivity index (χ3n) is 1.93. The van der Waals surface area contributed by atoms with Crippen molar-refractivity contribution in [3.8, 4) is 11.3 Å². The Labute approximate surface area is 102 Å². The summed E-state index contributed by atoms with van der Waals surface area (Å²) in [7, 11) is 1.81. The normalized spacial score (nSPS) is 10.3. The standard InChI is InChI=1S/C10H8Cl2N2S/c1-13-10-14-8(9(12)15-10)6-4-2-3-5-7(6)11/h2-5H,1H3,(H,13,14). The minimum atomic E-state index is 0.646. The van der Waals surface area contributed by atoms with Gasteiger partial charge in [-0.2, -0.15) is 0 Å². The van der Waals surface area contributed by atoms with Gasteiger partial charge in [0.1, 0.15) is 10.0 Å². The van der Waals surface area contributed by atoms with Gasteiger partial charge in [0.25, 0.3) is 0 Å². The van der Waals surface area contributed by atoms with Crippen LogP contribution >= 0.6 is 34.5 Å². The molecule has 0 radical (unpaired) electrons. The average molecular weight is 259 g/mol. The van der Waals surface area contributed by atoms with Crippen LogP contribution in [0.25, 0.3) is 11.3 Å². The Bertz CT molecular complexity index is 482. The zero-order valence-corrected chi connectivity index (χ0v) is 10.2. The van der Waals surface area contributed by atoms with Crippen molar-refractivity contribution in [1.82, 2.24) is 4.98 Å². The second kappa shape index (κ2) is 4.39. The van der Waals surface area contributed by atoms with Crippen molar-refractivity contribution in [3.05, 3.63) is 33.6 Å². The molecule has 78 valence electrons. The fourth-order valence-corrected chi connectivity index (χ4v) is 2.48. The number of anilines is 1. The Kier molecular flexibility index (Phi) is 3.14. The number of nitrogens with one attached hydrogen (secondary N) is 1. The highest BCUT2D eigenvalue weighted by molar-refractivity contribution is 7.20. The molecular weight excluding hydrogens is 251 g/mol. The quantitative estimate of drug-likeness (QED) is 0.875. The van der Waals surface area contributed by atoms with E-state index in [0.717, 1.165) is 16.4 Å². The largest absolute Gasteiger partial charge is 0.365 e. The molecule has 5 heteroatoms. The molecular formula is C10H8Cl2N2S. The monoisotopic (exact) mass is 258 g/mol. The first-order valence-electron chi connectivity index (χ1n) is 4.31. The summed E-state index contributed by atoms with van der Waals surface area (Å²) in [5.74, 6) is 0. The lowest BCUT2D eigenvalue weighted by atomic mass is 10.2. The summed E-state index contributed by atoms with van der Waals surface area (Å²) in [6.07, 6.45) is 0. The SMILES string of the molecule is CNc1nc(-c2ccccc2Cl)c(Cl)s1. The zero-order valence-electron chi connectivity index (χ0n) is 7.92. The molecule has 2 rings (SSSR count). The highest BCUT2D eigenvalue weighted by atomic mass is 35.5. The van der Waals surface area contributed by atoms with Crippen molar-refractivity contribution in [1.29, 1.82) is 0 Å². The van der Waals surface area contributed by atoms with Crippen LogP contribution < -0.4 is 5.32 Å². The maximum atomic E-state index is 6.09. The summed E-state index contributed by atoms with van der Waals surface area (Å²) in [5.41, 5.74) is 1.60. The molecule has 0 bridgehead atoms. The van der Waals surface area contributed by atoms with Crippen LogP contribution in [-0.4, -0.2) is 12.0 Å². The third-order valence-corrected chi connectivity index (χ3v) is 3.53. The second-order valence-electron chi connectivity index (χ2n) is 2.87. The average Bonchev–Trinajstić information content (AvgIpc) is 2.60. The fourth-order valence-electron chi connectivity index (χ4n) is 1.23. The van der Waals surface area contributed by atoms with Crippen molar-refractivity contribution in [2.75, 3.05) is 12.4 Å². The molecule has 0 spiro atoms. The molecule has 1 N–H and O–H groups in total. The summed E-state index contributed by atoms with van der Waals surface area (Å²) in [6, 6.07) is 7.52. The number of nitrogens with zero attached hydrogens (tertiary/aromatic N) is 1. The van der Waals surface area contributed by atoms with E-state index in [9.17, 15) is 0 Å². The van der Waals surface area contributed by atoms with Crippen molar-refractivity contribution in [2.24, 2.45) is 0 Å². The van der Waals surface area contributed by atoms with Gasteiger partial charge in [-0.05, 0) is 6.07 Å². The van der Waals surface area contributed by atoms with E-state index in [0.29, 0.717) is 9.36 Å². The van der Waals surface area contributed by atoms with Crippen LogP contribution in [0.3, 0.4) is 0 Å². The first-order valence-corrected chi connectivity index (χ1v) is 5.88. The van der Waals surface area contributed by atoms with Gasteiger partial charge in [-0.3, -0.25) is 0 Å². The number of hydrogen-bond donors (Lipinski definition) is 1. The van der Waals surface area contributed by atoms with E-state index in [1.165, 1.54) is 11.3 Å². The second-order valence-corrected chi connectivity index (χ2v) is 4.88. The summed E-state index contributed by atoms with van der Waals surface area (Å²) >= 11 is 13.6. The topological polar surface area (TPSA) is 24.9 Å². The molecule has 0 aliphatic rings. The predicted octanol–water partition coefficient (Wildman–Crippen LogP) is 4.16. The minimum Gasteiger partial charge on any atom is -0.365 e. The fraction of sp³-hybridized carbons (Fsp3) is 0.100. The lowest BCUT2D eigenvalue weighted by Gasteiger charge is -1.99. The maximum Gasteiger partial charge on any atom is 0.184 e. The molecule has 0 amide bonds. The van der Waals surface area contributed by atoms with E-state index < -0.39 is 0 Å². The van der Waals surface area contributed by atoms with Crippen molar-refractivity contribution in [3.63, 3.8) is 0 Å². The van der Waals surface area contributed by atoms with Gasteiger partial charge in [0.15, 0.2) is 5.13 Å². The van der Waals surface area contributed by atoms with Crippen molar-refractivity contribution >= 4 is 39.7 Å². The number of halogens is 2. The smallest absolute Gasteiger partial charge is 0.184 e. The summed E-state index contributed by atoms with van der Waals surface area (Å²) < 4.78 is 0.646. The van der Waals surface area contributed by atoms with E-state index in [4.69, 9.17) is 23.2 Å². The van der Waals surface area contributed by atoms with Crippen LogP contribution in [0.1, 0.15) is 0 Å². The molecule has 15 heavy (non-hydrogen) atoms. The Balaban J connectivity index is 2.54. The van der Waals surface area contributed by atoms with Crippen LogP contribution in [-0.2, 0) is 0 Å². The van der Waals surface area contributed by atoms with Gasteiger partial charge >= 0.3 is 0 Å². The zero-order chi connectivity index (χ0) is 10.8. The summed E-state index contributed by atoms with van der Waals surface area (Å²) in [6.45, 7) is 0. The maximum absolute atomic E-state index is 6.09. The van der Waals surface area contributed by atoms with Gasteiger partial charge in [0.05, 0.1) is 5.02 Å². The van der Waals surface area contributed by atoms with Gasteiger partial charge < -0.3 is 5.32 Å². The molecule has 0 atom stereocenters. The molecule has 1 aromatic heterocycles. The Hall–Kier alpha value is -0.770. The highest BCUT2D eigenvalue weighted by Crippen LogP contribution is 2.37. The highest BCUT2D eigenvalue weighted by Gasteiger charge is 2.12. The van der Waals surface area contributed by atoms with E-state index in [1.807, 2.05) is 31.3 Å². The molecule has 0 fully saturated rings. The van der Waals surface area contributed by atoms with E-state index >= 15 is 0 Å². The Morgan fingerprint density at radius 2 is 2.00 bits per heavy atom. The van der Waals surface area contributed by atoms with Gasteiger partial charge in [-0.1, -0.05) is 52.7 Å². The van der Waals surface area contributed by atoms with E-state index in [2.05, 4.69) is 10.3 Å². The van der Waals surface area contributed by atoms with Gasteiger partial charge in [-0.15, -0.1) is 0 Å². The van der Waals surface area contributed by atoms with E-state index in [-0.39, 0.29) is 0 Å². The lowest BCUT2D eigenvalue weighted by molar-refractivity contribution is 1.36. The molecule has 0 saturated heterocycles. The van der Waals surface area contributed by atoms with Crippen LogP contribution in [0, 0.1) is 0 Å². The molecule has 0 aliphatic heterocycles. The first kappa shape index (κ1) is 10.7. The van der Waals surface area contributed by atoms with Gasteiger partial charge in [0, 0.05) is 12.6 Å². The number of rotatable bonds is 2. The molecule has 0 saturated carbocycles. The number of benzene rings is 1. The number of hydrogen-bond acceptors (Lipinski definition) is 3. The number of aromatic nitrogens is 1. The van der Waals surface area contributed by atoms with E-state index in [1.54, 1.807) is 0 Å². The van der Waals surface area contributed by atoms with Crippen LogP contribution in [0.4, 0.5) is 5.13 Å². The van der Waals surface area contributed by atoms with Gasteiger partial charge in [0.2, 0.25) is 0 Å². The molecule has 0 aliphatic carbocycles. The molecule has 1 aromatic carbocycles. The molecule has 2 nitrogen and oxygen atoms in total. The Morgan fingerprint density at radius 3 is 2.60 bits per heavy atom.